The summed E-state index contributed by atoms with van der Waals surface area (Å²) in [6.45, 7) is 1.73. The number of para-hydroxylation sites is 1. The number of benzene rings is 1. The van der Waals surface area contributed by atoms with Gasteiger partial charge in [0.1, 0.15) is 17.2 Å². The number of anilines is 1. The lowest BCUT2D eigenvalue weighted by atomic mass is 10.2. The predicted octanol–water partition coefficient (Wildman–Crippen LogP) is 2.53. The fraction of sp³-hybridized carbons (Fsp3) is 0.154. The van der Waals surface area contributed by atoms with Crippen LogP contribution >= 0.6 is 11.3 Å². The molecular formula is C13H11N3O3S. The van der Waals surface area contributed by atoms with Crippen molar-refractivity contribution >= 4 is 33.4 Å². The number of fused-ring (bicyclic) bond motifs is 1. The molecule has 3 aromatic rings. The van der Waals surface area contributed by atoms with Crippen molar-refractivity contribution in [2.75, 3.05) is 5.73 Å². The molecule has 0 atom stereocenters. The third kappa shape index (κ3) is 2.23. The van der Waals surface area contributed by atoms with Crippen LogP contribution in [0.4, 0.5) is 5.88 Å². The number of esters is 1. The van der Waals surface area contributed by atoms with Crippen molar-refractivity contribution in [1.82, 2.24) is 10.1 Å². The number of carbonyl (C=O) groups excluding carboxylic acids is 1. The highest BCUT2D eigenvalue weighted by molar-refractivity contribution is 7.18. The zero-order valence-corrected chi connectivity index (χ0v) is 11.4. The number of hydrogen-bond donors (Lipinski definition) is 1. The van der Waals surface area contributed by atoms with Crippen molar-refractivity contribution in [3.8, 4) is 0 Å². The van der Waals surface area contributed by atoms with Crippen LogP contribution in [-0.2, 0) is 11.3 Å². The Morgan fingerprint density at radius 3 is 2.95 bits per heavy atom. The van der Waals surface area contributed by atoms with E-state index in [-0.39, 0.29) is 18.1 Å². The van der Waals surface area contributed by atoms with Gasteiger partial charge in [0.2, 0.25) is 5.88 Å². The molecule has 102 valence electrons. The average molecular weight is 289 g/mol. The number of nitrogens with zero attached hydrogens (tertiary/aromatic N) is 2. The van der Waals surface area contributed by atoms with Crippen molar-refractivity contribution in [2.24, 2.45) is 0 Å². The maximum Gasteiger partial charge on any atom is 0.346 e. The quantitative estimate of drug-likeness (QED) is 0.745. The van der Waals surface area contributed by atoms with Crippen molar-refractivity contribution in [3.63, 3.8) is 0 Å². The third-order valence-electron chi connectivity index (χ3n) is 2.76. The summed E-state index contributed by atoms with van der Waals surface area (Å²) in [4.78, 5) is 16.3. The second-order valence-electron chi connectivity index (χ2n) is 4.16. The van der Waals surface area contributed by atoms with Gasteiger partial charge in [0.25, 0.3) is 0 Å². The molecule has 0 fully saturated rings. The number of ether oxygens (including phenoxy) is 1. The maximum atomic E-state index is 11.9. The first-order chi connectivity index (χ1) is 9.65. The first kappa shape index (κ1) is 12.6. The van der Waals surface area contributed by atoms with Crippen LogP contribution in [0.5, 0.6) is 0 Å². The van der Waals surface area contributed by atoms with E-state index >= 15 is 0 Å². The van der Waals surface area contributed by atoms with Crippen molar-refractivity contribution < 1.29 is 14.1 Å². The molecule has 0 unspecified atom stereocenters. The number of nitrogens with two attached hydrogens (primary N) is 1. The molecule has 6 nitrogen and oxygen atoms in total. The number of nitrogen functional groups attached to an aromatic ring is 1. The highest BCUT2D eigenvalue weighted by Crippen LogP contribution is 2.23. The fourth-order valence-corrected chi connectivity index (χ4v) is 2.70. The van der Waals surface area contributed by atoms with E-state index < -0.39 is 5.97 Å². The topological polar surface area (TPSA) is 91.2 Å². The molecule has 0 bridgehead atoms. The summed E-state index contributed by atoms with van der Waals surface area (Å²) in [5, 5.41) is 4.34. The van der Waals surface area contributed by atoms with E-state index in [1.54, 1.807) is 6.92 Å². The Kier molecular flexibility index (Phi) is 3.11. The Balaban J connectivity index is 1.74. The van der Waals surface area contributed by atoms with Crippen LogP contribution in [0.2, 0.25) is 0 Å². The van der Waals surface area contributed by atoms with Crippen LogP contribution in [0, 0.1) is 6.92 Å². The minimum absolute atomic E-state index is 0.0307. The highest BCUT2D eigenvalue weighted by atomic mass is 32.1. The van der Waals surface area contributed by atoms with Gasteiger partial charge in [0, 0.05) is 0 Å². The van der Waals surface area contributed by atoms with Gasteiger partial charge in [-0.2, -0.15) is 0 Å². The van der Waals surface area contributed by atoms with Gasteiger partial charge in [-0.25, -0.2) is 9.78 Å². The lowest BCUT2D eigenvalue weighted by Gasteiger charge is -2.01. The Bertz CT molecular complexity index is 726. The van der Waals surface area contributed by atoms with E-state index in [9.17, 15) is 4.79 Å². The van der Waals surface area contributed by atoms with Crippen LogP contribution in [-0.4, -0.2) is 16.1 Å². The van der Waals surface area contributed by atoms with Gasteiger partial charge in [-0.1, -0.05) is 17.3 Å². The van der Waals surface area contributed by atoms with Crippen LogP contribution < -0.4 is 5.73 Å². The average Bonchev–Trinajstić information content (AvgIpc) is 2.99. The molecule has 2 aromatic heterocycles. The molecule has 0 amide bonds. The molecule has 0 saturated heterocycles. The summed E-state index contributed by atoms with van der Waals surface area (Å²) >= 11 is 1.49. The molecule has 2 heterocycles. The number of hydrogen-bond acceptors (Lipinski definition) is 7. The van der Waals surface area contributed by atoms with Gasteiger partial charge >= 0.3 is 5.97 Å². The summed E-state index contributed by atoms with van der Waals surface area (Å²) < 4.78 is 11.0. The zero-order chi connectivity index (χ0) is 14.1. The number of carbonyl (C=O) groups is 1. The number of rotatable bonds is 3. The summed E-state index contributed by atoms with van der Waals surface area (Å²) in [5.41, 5.74) is 7.01. The van der Waals surface area contributed by atoms with Gasteiger partial charge in [0.05, 0.1) is 15.9 Å². The molecule has 0 saturated carbocycles. The summed E-state index contributed by atoms with van der Waals surface area (Å²) in [7, 11) is 0. The van der Waals surface area contributed by atoms with Crippen LogP contribution in [0.1, 0.15) is 21.1 Å². The van der Waals surface area contributed by atoms with Crippen molar-refractivity contribution in [3.05, 3.63) is 40.5 Å². The highest BCUT2D eigenvalue weighted by Gasteiger charge is 2.20. The van der Waals surface area contributed by atoms with Crippen molar-refractivity contribution in [2.45, 2.75) is 13.5 Å². The molecule has 0 aliphatic heterocycles. The van der Waals surface area contributed by atoms with E-state index in [0.717, 1.165) is 15.2 Å². The summed E-state index contributed by atoms with van der Waals surface area (Å²) in [5.74, 6) is -0.586. The van der Waals surface area contributed by atoms with Gasteiger partial charge < -0.3 is 15.0 Å². The maximum absolute atomic E-state index is 11.9. The Morgan fingerprint density at radius 1 is 1.45 bits per heavy atom. The van der Waals surface area contributed by atoms with Crippen molar-refractivity contribution in [1.29, 1.82) is 0 Å². The van der Waals surface area contributed by atoms with E-state index in [4.69, 9.17) is 15.0 Å². The molecule has 0 spiro atoms. The lowest BCUT2D eigenvalue weighted by Crippen LogP contribution is -2.08. The minimum Gasteiger partial charge on any atom is -0.454 e. The van der Waals surface area contributed by atoms with E-state index in [2.05, 4.69) is 10.1 Å². The Morgan fingerprint density at radius 2 is 2.25 bits per heavy atom. The molecule has 7 heteroatoms. The molecule has 20 heavy (non-hydrogen) atoms. The predicted molar refractivity (Wildman–Crippen MR) is 74.4 cm³/mol. The molecular weight excluding hydrogens is 278 g/mol. The summed E-state index contributed by atoms with van der Waals surface area (Å²) in [6, 6.07) is 7.75. The van der Waals surface area contributed by atoms with E-state index in [1.165, 1.54) is 11.3 Å². The number of aromatic nitrogens is 2. The lowest BCUT2D eigenvalue weighted by molar-refractivity contribution is 0.0472. The second kappa shape index (κ2) is 4.93. The van der Waals surface area contributed by atoms with E-state index in [1.807, 2.05) is 24.3 Å². The number of thiazole rings is 1. The largest absolute Gasteiger partial charge is 0.454 e. The van der Waals surface area contributed by atoms with E-state index in [0.29, 0.717) is 5.69 Å². The fourth-order valence-electron chi connectivity index (χ4n) is 1.82. The summed E-state index contributed by atoms with van der Waals surface area (Å²) in [6.07, 6.45) is 0. The molecule has 3 rings (SSSR count). The van der Waals surface area contributed by atoms with Crippen LogP contribution in [0.25, 0.3) is 10.2 Å². The van der Waals surface area contributed by atoms with Crippen LogP contribution in [0.3, 0.4) is 0 Å². The Hall–Kier alpha value is -2.41. The van der Waals surface area contributed by atoms with Gasteiger partial charge in [-0.05, 0) is 19.1 Å². The molecule has 0 aliphatic carbocycles. The van der Waals surface area contributed by atoms with Gasteiger partial charge in [-0.15, -0.1) is 11.3 Å². The second-order valence-corrected chi connectivity index (χ2v) is 5.27. The standard InChI is InChI=1S/C13H11N3O3S/c1-7-11(12(14)19-16-7)13(17)18-6-10-15-8-4-2-3-5-9(8)20-10/h2-5H,6,14H2,1H3. The first-order valence-electron chi connectivity index (χ1n) is 5.88. The first-order valence-corrected chi connectivity index (χ1v) is 6.70. The molecule has 2 N–H and O–H groups in total. The third-order valence-corrected chi connectivity index (χ3v) is 3.77. The van der Waals surface area contributed by atoms with Gasteiger partial charge in [0.15, 0.2) is 0 Å². The molecule has 0 aliphatic rings. The van der Waals surface area contributed by atoms with Gasteiger partial charge in [-0.3, -0.25) is 0 Å². The molecule has 1 aromatic carbocycles. The number of aryl methyl sites for hydroxylation is 1. The SMILES string of the molecule is Cc1noc(N)c1C(=O)OCc1nc2ccccc2s1. The monoisotopic (exact) mass is 289 g/mol. The smallest absolute Gasteiger partial charge is 0.346 e. The molecule has 0 radical (unpaired) electrons. The minimum atomic E-state index is -0.555. The Labute approximate surface area is 118 Å². The zero-order valence-electron chi connectivity index (χ0n) is 10.6. The normalized spacial score (nSPS) is 10.8. The van der Waals surface area contributed by atoms with Crippen LogP contribution in [0.15, 0.2) is 28.8 Å².